The second-order valence-electron chi connectivity index (χ2n) is 8.21. The molecule has 0 fully saturated rings. The van der Waals surface area contributed by atoms with E-state index in [9.17, 15) is 26.7 Å². The van der Waals surface area contributed by atoms with Crippen LogP contribution in [0.1, 0.15) is 45.4 Å². The van der Waals surface area contributed by atoms with E-state index in [1.807, 2.05) is 0 Å². The van der Waals surface area contributed by atoms with Crippen LogP contribution in [0.2, 0.25) is 0 Å². The van der Waals surface area contributed by atoms with Crippen molar-refractivity contribution in [2.24, 2.45) is 0 Å². The van der Waals surface area contributed by atoms with E-state index < -0.39 is 47.2 Å². The number of carbonyl (C=O) groups excluding carboxylic acids is 1. The zero-order valence-electron chi connectivity index (χ0n) is 22.4. The molecule has 13 heteroatoms. The summed E-state index contributed by atoms with van der Waals surface area (Å²) in [6.07, 6.45) is 5.60. The molecule has 1 rings (SSSR count). The van der Waals surface area contributed by atoms with Crippen LogP contribution in [0.25, 0.3) is 0 Å². The van der Waals surface area contributed by atoms with Crippen molar-refractivity contribution in [1.82, 2.24) is 0 Å². The summed E-state index contributed by atoms with van der Waals surface area (Å²) in [6, 6.07) is 0. The van der Waals surface area contributed by atoms with Crippen molar-refractivity contribution in [1.29, 1.82) is 0 Å². The predicted octanol–water partition coefficient (Wildman–Crippen LogP) is 4.75. The molecule has 1 aromatic carbocycles. The molecule has 0 radical (unpaired) electrons. The van der Waals surface area contributed by atoms with Crippen molar-refractivity contribution in [2.45, 2.75) is 45.4 Å². The Kier molecular flexibility index (Phi) is 20.6. The smallest absolute Gasteiger partial charge is 0.313 e. The van der Waals surface area contributed by atoms with Gasteiger partial charge in [-0.1, -0.05) is 32.6 Å². The molecule has 0 aromatic heterocycles. The summed E-state index contributed by atoms with van der Waals surface area (Å²) in [5.74, 6) is -14.1. The Hall–Kier alpha value is -1.90. The zero-order valence-corrected chi connectivity index (χ0v) is 22.4. The number of carbonyl (C=O) groups is 1. The third-order valence-corrected chi connectivity index (χ3v) is 5.09. The monoisotopic (exact) mass is 574 g/mol. The van der Waals surface area contributed by atoms with Crippen LogP contribution in [-0.2, 0) is 33.2 Å². The molecule has 0 atom stereocenters. The highest BCUT2D eigenvalue weighted by Crippen LogP contribution is 2.29. The van der Waals surface area contributed by atoms with Crippen molar-refractivity contribution < 1.29 is 59.9 Å². The molecule has 0 saturated carbocycles. The molecule has 1 aromatic rings. The van der Waals surface area contributed by atoms with Gasteiger partial charge in [-0.05, 0) is 6.42 Å². The van der Waals surface area contributed by atoms with Gasteiger partial charge in [-0.25, -0.2) is 13.2 Å². The molecule has 0 spiro atoms. The van der Waals surface area contributed by atoms with E-state index in [1.54, 1.807) is 0 Å². The molecular formula is C26H39F5O8. The number of rotatable bonds is 25. The van der Waals surface area contributed by atoms with Gasteiger partial charge in [0, 0.05) is 6.61 Å². The van der Waals surface area contributed by atoms with Crippen LogP contribution >= 0.6 is 0 Å². The van der Waals surface area contributed by atoms with E-state index in [2.05, 4.69) is 11.7 Å². The van der Waals surface area contributed by atoms with Crippen molar-refractivity contribution in [3.05, 3.63) is 29.1 Å². The Morgan fingerprint density at radius 1 is 0.487 bits per heavy atom. The van der Waals surface area contributed by atoms with Crippen molar-refractivity contribution in [3.63, 3.8) is 0 Å². The summed E-state index contributed by atoms with van der Waals surface area (Å²) < 4.78 is 102. The minimum atomic E-state index is -2.34. The highest BCUT2D eigenvalue weighted by molar-refractivity contribution is 5.72. The summed E-state index contributed by atoms with van der Waals surface area (Å²) in [5, 5.41) is 0. The number of benzene rings is 1. The number of esters is 1. The normalized spacial score (nSPS) is 11.3. The van der Waals surface area contributed by atoms with Gasteiger partial charge in [0.1, 0.15) is 0 Å². The lowest BCUT2D eigenvalue weighted by molar-refractivity contribution is -0.136. The maximum absolute atomic E-state index is 13.5. The lowest BCUT2D eigenvalue weighted by atomic mass is 10.2. The second kappa shape index (κ2) is 22.9. The van der Waals surface area contributed by atoms with E-state index >= 15 is 0 Å². The third-order valence-electron chi connectivity index (χ3n) is 5.09. The molecule has 0 amide bonds. The van der Waals surface area contributed by atoms with Gasteiger partial charge in [0.2, 0.25) is 34.8 Å². The zero-order chi connectivity index (χ0) is 28.7. The summed E-state index contributed by atoms with van der Waals surface area (Å²) >= 11 is 0. The first-order chi connectivity index (χ1) is 18.9. The number of halogens is 5. The van der Waals surface area contributed by atoms with Gasteiger partial charge in [-0.2, -0.15) is 8.78 Å². The number of ether oxygens (including phenoxy) is 7. The van der Waals surface area contributed by atoms with Crippen molar-refractivity contribution in [2.75, 3.05) is 79.3 Å². The highest BCUT2D eigenvalue weighted by Gasteiger charge is 2.28. The number of hydrogen-bond donors (Lipinski definition) is 0. The van der Waals surface area contributed by atoms with E-state index in [1.165, 1.54) is 25.7 Å². The topological polar surface area (TPSA) is 81.7 Å². The van der Waals surface area contributed by atoms with Crippen LogP contribution < -0.4 is 4.74 Å². The fourth-order valence-corrected chi connectivity index (χ4v) is 3.00. The molecule has 0 aliphatic carbocycles. The molecule has 0 saturated heterocycles. The molecule has 0 bridgehead atoms. The molecular weight excluding hydrogens is 535 g/mol. The van der Waals surface area contributed by atoms with Crippen LogP contribution in [0, 0.1) is 29.1 Å². The van der Waals surface area contributed by atoms with Gasteiger partial charge >= 0.3 is 5.97 Å². The van der Waals surface area contributed by atoms with Gasteiger partial charge in [0.15, 0.2) is 0 Å². The van der Waals surface area contributed by atoms with Crippen molar-refractivity contribution >= 4 is 5.97 Å². The first-order valence-corrected chi connectivity index (χ1v) is 13.1. The number of hydrogen-bond acceptors (Lipinski definition) is 8. The molecule has 0 aliphatic rings. The summed E-state index contributed by atoms with van der Waals surface area (Å²) in [6.45, 7) is 6.56. The standard InChI is InChI=1S/C26H39F5O8/c1-2-3-4-5-6-8-33-10-12-35-14-16-37-18-19-38-17-15-36-13-11-34-9-7-20(32)39-26-24(30)22(28)21(27)23(29)25(26)31/h2-19H2,1H3. The van der Waals surface area contributed by atoms with Crippen LogP contribution in [0.15, 0.2) is 0 Å². The average molecular weight is 575 g/mol. The molecule has 0 unspecified atom stereocenters. The first-order valence-electron chi connectivity index (χ1n) is 13.1. The van der Waals surface area contributed by atoms with E-state index in [-0.39, 0.29) is 19.8 Å². The van der Waals surface area contributed by atoms with Crippen molar-refractivity contribution in [3.8, 4) is 5.75 Å². The Balaban J connectivity index is 1.86. The lowest BCUT2D eigenvalue weighted by Crippen LogP contribution is -2.16. The Bertz CT molecular complexity index is 771. The summed E-state index contributed by atoms with van der Waals surface area (Å²) in [7, 11) is 0. The lowest BCUT2D eigenvalue weighted by Gasteiger charge is -2.09. The minimum Gasteiger partial charge on any atom is -0.420 e. The Morgan fingerprint density at radius 3 is 1.28 bits per heavy atom. The molecule has 0 N–H and O–H groups in total. The maximum atomic E-state index is 13.5. The van der Waals surface area contributed by atoms with Gasteiger partial charge in [0.05, 0.1) is 79.1 Å². The maximum Gasteiger partial charge on any atom is 0.313 e. The first kappa shape index (κ1) is 35.1. The largest absolute Gasteiger partial charge is 0.420 e. The quantitative estimate of drug-likeness (QED) is 0.0414. The van der Waals surface area contributed by atoms with Gasteiger partial charge in [0.25, 0.3) is 0 Å². The van der Waals surface area contributed by atoms with Gasteiger partial charge < -0.3 is 33.2 Å². The van der Waals surface area contributed by atoms with E-state index in [4.69, 9.17) is 28.4 Å². The Morgan fingerprint density at radius 2 is 0.846 bits per heavy atom. The fourth-order valence-electron chi connectivity index (χ4n) is 3.00. The van der Waals surface area contributed by atoms with Gasteiger partial charge in [-0.3, -0.25) is 4.79 Å². The summed E-state index contributed by atoms with van der Waals surface area (Å²) in [4.78, 5) is 11.6. The molecule has 8 nitrogen and oxygen atoms in total. The van der Waals surface area contributed by atoms with Gasteiger partial charge in [-0.15, -0.1) is 0 Å². The summed E-state index contributed by atoms with van der Waals surface area (Å²) in [5.41, 5.74) is 0. The number of unbranched alkanes of at least 4 members (excludes halogenated alkanes) is 4. The molecule has 226 valence electrons. The van der Waals surface area contributed by atoms with E-state index in [0.29, 0.717) is 52.9 Å². The van der Waals surface area contributed by atoms with Crippen LogP contribution in [0.3, 0.4) is 0 Å². The highest BCUT2D eigenvalue weighted by atomic mass is 19.2. The SMILES string of the molecule is CCCCCCCOCCOCCOCCOCCOCCOCCC(=O)Oc1c(F)c(F)c(F)c(F)c1F. The predicted molar refractivity (Wildman–Crippen MR) is 130 cm³/mol. The van der Waals surface area contributed by atoms with Crippen LogP contribution in [-0.4, -0.2) is 85.3 Å². The second-order valence-corrected chi connectivity index (χ2v) is 8.21. The molecule has 0 heterocycles. The third kappa shape index (κ3) is 16.1. The minimum absolute atomic E-state index is 0.100. The average Bonchev–Trinajstić information content (AvgIpc) is 2.93. The Labute approximate surface area is 226 Å². The van der Waals surface area contributed by atoms with Crippen LogP contribution in [0.5, 0.6) is 5.75 Å². The van der Waals surface area contributed by atoms with E-state index in [0.717, 1.165) is 13.0 Å². The van der Waals surface area contributed by atoms with Crippen LogP contribution in [0.4, 0.5) is 22.0 Å². The molecule has 0 aliphatic heterocycles. The fraction of sp³-hybridized carbons (Fsp3) is 0.731. The molecule has 39 heavy (non-hydrogen) atoms.